The lowest BCUT2D eigenvalue weighted by Crippen LogP contribution is -2.45. The Hall–Kier alpha value is -2.88. The zero-order chi connectivity index (χ0) is 22.2. The summed E-state index contributed by atoms with van der Waals surface area (Å²) in [5.74, 6) is 4.16. The van der Waals surface area contributed by atoms with E-state index in [4.69, 9.17) is 16.4 Å². The molecular formula is C26H32N6. The van der Waals surface area contributed by atoms with Crippen molar-refractivity contribution in [2.24, 2.45) is 0 Å². The Morgan fingerprint density at radius 1 is 0.969 bits per heavy atom. The number of hydrogen-bond donors (Lipinski definition) is 0. The summed E-state index contributed by atoms with van der Waals surface area (Å²) in [6, 6.07) is 11.0. The number of aromatic nitrogens is 3. The van der Waals surface area contributed by atoms with E-state index in [9.17, 15) is 0 Å². The van der Waals surface area contributed by atoms with Gasteiger partial charge in [0.15, 0.2) is 0 Å². The molecule has 0 bridgehead atoms. The van der Waals surface area contributed by atoms with Crippen molar-refractivity contribution in [1.29, 1.82) is 0 Å². The van der Waals surface area contributed by atoms with Gasteiger partial charge >= 0.3 is 0 Å². The van der Waals surface area contributed by atoms with E-state index in [2.05, 4.69) is 70.3 Å². The van der Waals surface area contributed by atoms with Crippen molar-refractivity contribution < 1.29 is 0 Å². The third-order valence-corrected chi connectivity index (χ3v) is 7.23. The highest BCUT2D eigenvalue weighted by Crippen LogP contribution is 2.41. The second-order valence-corrected chi connectivity index (χ2v) is 9.19. The number of imidazole rings is 1. The second-order valence-electron chi connectivity index (χ2n) is 9.19. The fraction of sp³-hybridized carbons (Fsp3) is 0.462. The molecule has 5 heterocycles. The number of piperazine rings is 1. The summed E-state index contributed by atoms with van der Waals surface area (Å²) in [5.41, 5.74) is 5.27. The summed E-state index contributed by atoms with van der Waals surface area (Å²) in [7, 11) is 4.38. The lowest BCUT2D eigenvalue weighted by Gasteiger charge is -2.39. The van der Waals surface area contributed by atoms with Gasteiger partial charge in [-0.05, 0) is 70.0 Å². The average molecular weight is 429 g/mol. The molecule has 6 heteroatoms. The van der Waals surface area contributed by atoms with Gasteiger partial charge in [0.25, 0.3) is 0 Å². The predicted molar refractivity (Wildman–Crippen MR) is 129 cm³/mol. The molecule has 0 aromatic carbocycles. The molecule has 2 atom stereocenters. The van der Waals surface area contributed by atoms with Crippen LogP contribution < -0.4 is 4.90 Å². The Bertz CT molecular complexity index is 1150. The minimum Gasteiger partial charge on any atom is -0.355 e. The summed E-state index contributed by atoms with van der Waals surface area (Å²) >= 11 is 0. The van der Waals surface area contributed by atoms with Gasteiger partial charge in [0.2, 0.25) is 0 Å². The number of likely N-dealkylation sites (tertiary alicyclic amines) is 1. The first kappa shape index (κ1) is 21.0. The van der Waals surface area contributed by atoms with Crippen LogP contribution in [0.3, 0.4) is 0 Å². The Balaban J connectivity index is 1.55. The Labute approximate surface area is 190 Å². The first-order valence-electron chi connectivity index (χ1n) is 11.6. The van der Waals surface area contributed by atoms with Crippen LogP contribution in [0.4, 0.5) is 5.82 Å². The zero-order valence-electron chi connectivity index (χ0n) is 19.3. The molecule has 2 aliphatic rings. The molecule has 0 aliphatic carbocycles. The number of fused-ring (bicyclic) bond motifs is 1. The average Bonchev–Trinajstić information content (AvgIpc) is 3.19. The van der Waals surface area contributed by atoms with Crippen molar-refractivity contribution in [3.63, 3.8) is 0 Å². The van der Waals surface area contributed by atoms with Gasteiger partial charge in [-0.3, -0.25) is 14.3 Å². The molecular weight excluding hydrogens is 396 g/mol. The molecule has 2 saturated heterocycles. The molecule has 32 heavy (non-hydrogen) atoms. The summed E-state index contributed by atoms with van der Waals surface area (Å²) < 4.78 is 2.20. The van der Waals surface area contributed by atoms with Crippen molar-refractivity contribution in [3.8, 4) is 12.3 Å². The first-order valence-corrected chi connectivity index (χ1v) is 11.6. The molecule has 0 N–H and O–H groups in total. The van der Waals surface area contributed by atoms with E-state index < -0.39 is 0 Å². The topological polar surface area (TPSA) is 39.9 Å². The third kappa shape index (κ3) is 3.56. The molecule has 3 aromatic heterocycles. The quantitative estimate of drug-likeness (QED) is 0.596. The van der Waals surface area contributed by atoms with Crippen LogP contribution in [-0.2, 0) is 0 Å². The Kier molecular flexibility index (Phi) is 5.62. The molecule has 5 rings (SSSR count). The van der Waals surface area contributed by atoms with Crippen LogP contribution in [0.15, 0.2) is 36.5 Å². The Morgan fingerprint density at radius 3 is 2.44 bits per heavy atom. The van der Waals surface area contributed by atoms with Crippen LogP contribution in [-0.4, -0.2) is 64.4 Å². The lowest BCUT2D eigenvalue weighted by molar-refractivity contribution is 0.109. The zero-order valence-corrected chi connectivity index (χ0v) is 19.3. The number of nitrogens with zero attached hydrogens (tertiary/aromatic N) is 6. The van der Waals surface area contributed by atoms with Gasteiger partial charge in [0, 0.05) is 32.4 Å². The van der Waals surface area contributed by atoms with E-state index >= 15 is 0 Å². The van der Waals surface area contributed by atoms with Crippen molar-refractivity contribution >= 4 is 11.5 Å². The molecule has 6 nitrogen and oxygen atoms in total. The molecule has 0 spiro atoms. The van der Waals surface area contributed by atoms with Crippen LogP contribution in [0.2, 0.25) is 0 Å². The standard InChI is InChI=1S/C26H32N6/c1-5-20-26(22-11-6-10-21(30(22)4)25-19(2)9-8-14-27-25)28-23-12-7-13-24(32(20)23)31-17-15-29(3)16-18-31/h1,7-9,12-14,21-22H,6,10-11,15-18H2,2-4H3. The molecule has 166 valence electrons. The molecule has 0 saturated carbocycles. The number of rotatable bonds is 3. The largest absolute Gasteiger partial charge is 0.355 e. The summed E-state index contributed by atoms with van der Waals surface area (Å²) in [6.07, 6.45) is 11.3. The van der Waals surface area contributed by atoms with Gasteiger partial charge < -0.3 is 9.80 Å². The molecule has 2 unspecified atom stereocenters. The van der Waals surface area contributed by atoms with Crippen molar-refractivity contribution in [1.82, 2.24) is 24.2 Å². The number of anilines is 1. The maximum Gasteiger partial charge on any atom is 0.139 e. The third-order valence-electron chi connectivity index (χ3n) is 7.23. The minimum absolute atomic E-state index is 0.182. The van der Waals surface area contributed by atoms with Gasteiger partial charge in [0.1, 0.15) is 17.2 Å². The second kappa shape index (κ2) is 8.57. The van der Waals surface area contributed by atoms with Gasteiger partial charge in [-0.15, -0.1) is 6.42 Å². The number of piperidine rings is 1. The highest BCUT2D eigenvalue weighted by Gasteiger charge is 2.34. The monoisotopic (exact) mass is 428 g/mol. The lowest BCUT2D eigenvalue weighted by atomic mass is 9.90. The minimum atomic E-state index is 0.182. The molecule has 0 amide bonds. The van der Waals surface area contributed by atoms with Crippen molar-refractivity contribution in [3.05, 3.63) is 59.2 Å². The smallest absolute Gasteiger partial charge is 0.139 e. The van der Waals surface area contributed by atoms with E-state index in [1.807, 2.05) is 12.3 Å². The van der Waals surface area contributed by atoms with E-state index in [-0.39, 0.29) is 12.1 Å². The van der Waals surface area contributed by atoms with Crippen molar-refractivity contribution in [2.75, 3.05) is 45.2 Å². The number of hydrogen-bond acceptors (Lipinski definition) is 5. The highest BCUT2D eigenvalue weighted by atomic mass is 15.3. The van der Waals surface area contributed by atoms with Crippen molar-refractivity contribution in [2.45, 2.75) is 38.3 Å². The Morgan fingerprint density at radius 2 is 1.72 bits per heavy atom. The van der Waals surface area contributed by atoms with Gasteiger partial charge in [0.05, 0.1) is 23.5 Å². The van der Waals surface area contributed by atoms with Crippen LogP contribution in [0, 0.1) is 19.3 Å². The maximum atomic E-state index is 6.14. The van der Waals surface area contributed by atoms with E-state index in [1.54, 1.807) is 0 Å². The van der Waals surface area contributed by atoms with Gasteiger partial charge in [-0.2, -0.15) is 0 Å². The fourth-order valence-electron chi connectivity index (χ4n) is 5.38. The first-order chi connectivity index (χ1) is 15.6. The maximum absolute atomic E-state index is 6.14. The van der Waals surface area contributed by atoms with Crippen LogP contribution >= 0.6 is 0 Å². The highest BCUT2D eigenvalue weighted by molar-refractivity contribution is 5.58. The van der Waals surface area contributed by atoms with Crippen LogP contribution in [0.25, 0.3) is 5.65 Å². The number of aryl methyl sites for hydroxylation is 1. The normalized spacial score (nSPS) is 22.9. The summed E-state index contributed by atoms with van der Waals surface area (Å²) in [4.78, 5) is 17.1. The SMILES string of the molecule is C#Cc1c(C2CCCC(c3ncccc3C)N2C)nc2cccc(N3CCN(C)CC3)n12. The number of likely N-dealkylation sites (N-methyl/N-ethyl adjacent to an activating group) is 1. The van der Waals surface area contributed by atoms with E-state index in [0.29, 0.717) is 0 Å². The van der Waals surface area contributed by atoms with Crippen LogP contribution in [0.1, 0.15) is 54.0 Å². The summed E-state index contributed by atoms with van der Waals surface area (Å²) in [5, 5.41) is 0. The summed E-state index contributed by atoms with van der Waals surface area (Å²) in [6.45, 7) is 6.26. The fourth-order valence-corrected chi connectivity index (χ4v) is 5.38. The molecule has 0 radical (unpaired) electrons. The van der Waals surface area contributed by atoms with Gasteiger partial charge in [-0.1, -0.05) is 12.1 Å². The predicted octanol–water partition coefficient (Wildman–Crippen LogP) is 3.67. The molecule has 3 aromatic rings. The number of pyridine rings is 2. The van der Waals surface area contributed by atoms with E-state index in [1.165, 1.54) is 11.3 Å². The number of terminal acetylenes is 1. The van der Waals surface area contributed by atoms with Gasteiger partial charge in [-0.25, -0.2) is 4.98 Å². The van der Waals surface area contributed by atoms with Crippen LogP contribution in [0.5, 0.6) is 0 Å². The molecule has 2 fully saturated rings. The molecule has 2 aliphatic heterocycles. The van der Waals surface area contributed by atoms with E-state index in [0.717, 1.165) is 68.3 Å².